The largest absolute Gasteiger partial charge is 0.375 e. The number of benzene rings is 1. The molecule has 2 aliphatic heterocycles. The van der Waals surface area contributed by atoms with Crippen LogP contribution in [0.5, 0.6) is 0 Å². The van der Waals surface area contributed by atoms with Gasteiger partial charge in [0, 0.05) is 17.0 Å². The molecule has 3 rings (SSSR count). The number of hydrogen-bond donors (Lipinski definition) is 1. The molecule has 0 saturated carbocycles. The molecular weight excluding hydrogens is 265 g/mol. The summed E-state index contributed by atoms with van der Waals surface area (Å²) >= 11 is 5.95. The van der Waals surface area contributed by atoms with Crippen LogP contribution in [0.4, 0.5) is 4.39 Å². The summed E-state index contributed by atoms with van der Waals surface area (Å²) in [6.07, 6.45) is 4.87. The van der Waals surface area contributed by atoms with Gasteiger partial charge >= 0.3 is 0 Å². The van der Waals surface area contributed by atoms with Crippen molar-refractivity contribution >= 4 is 11.6 Å². The van der Waals surface area contributed by atoms with Crippen molar-refractivity contribution in [3.8, 4) is 0 Å². The van der Waals surface area contributed by atoms with E-state index in [0.717, 1.165) is 12.8 Å². The van der Waals surface area contributed by atoms with Gasteiger partial charge < -0.3 is 10.1 Å². The van der Waals surface area contributed by atoms with Crippen LogP contribution in [-0.2, 0) is 11.2 Å². The Bertz CT molecular complexity index is 467. The van der Waals surface area contributed by atoms with Crippen LogP contribution in [0.2, 0.25) is 5.02 Å². The van der Waals surface area contributed by atoms with Crippen LogP contribution < -0.4 is 5.32 Å². The molecule has 104 valence electrons. The first-order chi connectivity index (χ1) is 9.17. The fourth-order valence-electron chi connectivity index (χ4n) is 3.50. The predicted octanol–water partition coefficient (Wildman–Crippen LogP) is 3.18. The van der Waals surface area contributed by atoms with E-state index in [1.54, 1.807) is 12.1 Å². The number of rotatable bonds is 4. The van der Waals surface area contributed by atoms with E-state index in [1.165, 1.54) is 12.5 Å². The normalized spacial score (nSPS) is 30.8. The van der Waals surface area contributed by atoms with Crippen LogP contribution in [0.1, 0.15) is 24.8 Å². The van der Waals surface area contributed by atoms with E-state index in [0.29, 0.717) is 35.1 Å². The summed E-state index contributed by atoms with van der Waals surface area (Å²) in [5, 5.41) is 3.93. The molecule has 4 atom stereocenters. The average molecular weight is 284 g/mol. The molecule has 2 aliphatic rings. The molecule has 0 amide bonds. The second kappa shape index (κ2) is 5.39. The molecule has 4 heteroatoms. The van der Waals surface area contributed by atoms with E-state index < -0.39 is 0 Å². The molecule has 0 aliphatic carbocycles. The average Bonchev–Trinajstić information content (AvgIpc) is 3.02. The lowest BCUT2D eigenvalue weighted by molar-refractivity contribution is 0.0862. The molecule has 0 radical (unpaired) electrons. The van der Waals surface area contributed by atoms with E-state index in [2.05, 4.69) is 5.32 Å². The molecule has 2 heterocycles. The van der Waals surface area contributed by atoms with E-state index in [1.807, 2.05) is 7.05 Å². The number of hydrogen-bond acceptors (Lipinski definition) is 2. The Hall–Kier alpha value is -0.640. The molecule has 1 aromatic rings. The predicted molar refractivity (Wildman–Crippen MR) is 74.0 cm³/mol. The Labute approximate surface area is 118 Å². The Kier molecular flexibility index (Phi) is 3.79. The molecule has 2 nitrogen and oxygen atoms in total. The third-order valence-corrected chi connectivity index (χ3v) is 4.72. The highest BCUT2D eigenvalue weighted by Crippen LogP contribution is 2.41. The summed E-state index contributed by atoms with van der Waals surface area (Å²) in [7, 11) is 1.94. The third kappa shape index (κ3) is 2.64. The zero-order valence-corrected chi connectivity index (χ0v) is 11.8. The Morgan fingerprint density at radius 3 is 2.95 bits per heavy atom. The van der Waals surface area contributed by atoms with Gasteiger partial charge in [-0.25, -0.2) is 4.39 Å². The lowest BCUT2D eigenvalue weighted by Crippen LogP contribution is -2.40. The summed E-state index contributed by atoms with van der Waals surface area (Å²) < 4.78 is 19.7. The lowest BCUT2D eigenvalue weighted by atomic mass is 9.81. The topological polar surface area (TPSA) is 21.3 Å². The molecule has 4 unspecified atom stereocenters. The second-order valence-electron chi connectivity index (χ2n) is 5.61. The van der Waals surface area contributed by atoms with Crippen LogP contribution in [-0.4, -0.2) is 25.3 Å². The van der Waals surface area contributed by atoms with Crippen LogP contribution in [0.3, 0.4) is 0 Å². The first kappa shape index (κ1) is 13.3. The van der Waals surface area contributed by atoms with Crippen molar-refractivity contribution in [1.82, 2.24) is 5.32 Å². The van der Waals surface area contributed by atoms with E-state index in [9.17, 15) is 4.39 Å². The van der Waals surface area contributed by atoms with Gasteiger partial charge in [0.25, 0.3) is 0 Å². The standard InChI is InChI=1S/C15H19ClFNO/c1-18-14(12-8-11-3-5-15(12)19-11)7-9-6-10(16)2-4-13(9)17/h2,4,6,11-12,14-15,18H,3,5,7-8H2,1H3. The first-order valence-electron chi connectivity index (χ1n) is 6.94. The number of likely N-dealkylation sites (N-methyl/N-ethyl adjacent to an activating group) is 1. The summed E-state index contributed by atoms with van der Waals surface area (Å²) in [5.74, 6) is 0.316. The maximum Gasteiger partial charge on any atom is 0.126 e. The van der Waals surface area contributed by atoms with Crippen LogP contribution in [0, 0.1) is 11.7 Å². The van der Waals surface area contributed by atoms with Crippen molar-refractivity contribution < 1.29 is 9.13 Å². The van der Waals surface area contributed by atoms with Crippen LogP contribution in [0.25, 0.3) is 0 Å². The van der Waals surface area contributed by atoms with Gasteiger partial charge in [0.05, 0.1) is 12.2 Å². The molecule has 1 N–H and O–H groups in total. The minimum Gasteiger partial charge on any atom is -0.375 e. The molecule has 2 bridgehead atoms. The van der Waals surface area contributed by atoms with Crippen molar-refractivity contribution in [2.24, 2.45) is 5.92 Å². The van der Waals surface area contributed by atoms with Crippen molar-refractivity contribution in [2.45, 2.75) is 43.9 Å². The second-order valence-corrected chi connectivity index (χ2v) is 6.04. The molecule has 1 aromatic carbocycles. The van der Waals surface area contributed by atoms with Gasteiger partial charge in [-0.1, -0.05) is 11.6 Å². The number of ether oxygens (including phenoxy) is 1. The van der Waals surface area contributed by atoms with Gasteiger partial charge in [-0.2, -0.15) is 0 Å². The smallest absolute Gasteiger partial charge is 0.126 e. The number of nitrogens with one attached hydrogen (secondary N) is 1. The Morgan fingerprint density at radius 1 is 1.47 bits per heavy atom. The highest BCUT2D eigenvalue weighted by Gasteiger charge is 2.43. The summed E-state index contributed by atoms with van der Waals surface area (Å²) in [4.78, 5) is 0. The van der Waals surface area contributed by atoms with Crippen molar-refractivity contribution in [3.63, 3.8) is 0 Å². The van der Waals surface area contributed by atoms with Gasteiger partial charge in [-0.05, 0) is 56.5 Å². The molecule has 2 fully saturated rings. The van der Waals surface area contributed by atoms with Crippen molar-refractivity contribution in [2.75, 3.05) is 7.05 Å². The molecule has 2 saturated heterocycles. The van der Waals surface area contributed by atoms with E-state index in [4.69, 9.17) is 16.3 Å². The maximum absolute atomic E-state index is 13.8. The highest BCUT2D eigenvalue weighted by molar-refractivity contribution is 6.30. The van der Waals surface area contributed by atoms with Crippen molar-refractivity contribution in [1.29, 1.82) is 0 Å². The van der Waals surface area contributed by atoms with Crippen LogP contribution in [0.15, 0.2) is 18.2 Å². The lowest BCUT2D eigenvalue weighted by Gasteiger charge is -2.28. The quantitative estimate of drug-likeness (QED) is 0.916. The molecule has 0 spiro atoms. The monoisotopic (exact) mass is 283 g/mol. The zero-order chi connectivity index (χ0) is 13.4. The van der Waals surface area contributed by atoms with Gasteiger partial charge in [-0.3, -0.25) is 0 Å². The van der Waals surface area contributed by atoms with Gasteiger partial charge in [-0.15, -0.1) is 0 Å². The van der Waals surface area contributed by atoms with E-state index in [-0.39, 0.29) is 11.9 Å². The van der Waals surface area contributed by atoms with Crippen molar-refractivity contribution in [3.05, 3.63) is 34.6 Å². The third-order valence-electron chi connectivity index (χ3n) is 4.49. The summed E-state index contributed by atoms with van der Waals surface area (Å²) in [6.45, 7) is 0. The highest BCUT2D eigenvalue weighted by atomic mass is 35.5. The number of halogens is 2. The Balaban J connectivity index is 1.74. The summed E-state index contributed by atoms with van der Waals surface area (Å²) in [6, 6.07) is 5.02. The maximum atomic E-state index is 13.8. The minimum absolute atomic E-state index is 0.172. The van der Waals surface area contributed by atoms with Gasteiger partial charge in [0.1, 0.15) is 5.82 Å². The SMILES string of the molecule is CNC(Cc1cc(Cl)ccc1F)C1CC2CCC1O2. The zero-order valence-electron chi connectivity index (χ0n) is 11.0. The summed E-state index contributed by atoms with van der Waals surface area (Å²) in [5.41, 5.74) is 0.689. The van der Waals surface area contributed by atoms with Gasteiger partial charge in [0.2, 0.25) is 0 Å². The number of fused-ring (bicyclic) bond motifs is 2. The fraction of sp³-hybridized carbons (Fsp3) is 0.600. The minimum atomic E-state index is -0.172. The molecular formula is C15H19ClFNO. The van der Waals surface area contributed by atoms with E-state index >= 15 is 0 Å². The molecule has 0 aromatic heterocycles. The first-order valence-corrected chi connectivity index (χ1v) is 7.32. The fourth-order valence-corrected chi connectivity index (χ4v) is 3.70. The molecule has 19 heavy (non-hydrogen) atoms. The van der Waals surface area contributed by atoms with Crippen LogP contribution >= 0.6 is 11.6 Å². The Morgan fingerprint density at radius 2 is 2.32 bits per heavy atom. The van der Waals surface area contributed by atoms with Gasteiger partial charge in [0.15, 0.2) is 0 Å².